The maximum atomic E-state index is 12.2. The summed E-state index contributed by atoms with van der Waals surface area (Å²) in [4.78, 5) is 12.2. The zero-order valence-corrected chi connectivity index (χ0v) is 18.9. The second kappa shape index (κ2) is 9.71. The Hall–Kier alpha value is -3.57. The first kappa shape index (κ1) is 21.7. The number of anilines is 1. The molecule has 0 atom stereocenters. The number of benzene rings is 3. The molecule has 2 N–H and O–H groups in total. The summed E-state index contributed by atoms with van der Waals surface area (Å²) in [6, 6.07) is 23.9. The van der Waals surface area contributed by atoms with Crippen LogP contribution in [0.3, 0.4) is 0 Å². The molecule has 4 aromatic rings. The number of amides is 1. The fraction of sp³-hybridized carbons (Fsp3) is 0.154. The average Bonchev–Trinajstić information content (AvgIpc) is 3.06. The third-order valence-corrected chi connectivity index (χ3v) is 5.82. The highest BCUT2D eigenvalue weighted by Crippen LogP contribution is 2.27. The largest absolute Gasteiger partial charge is 0.376 e. The zero-order valence-electron chi connectivity index (χ0n) is 18.1. The fourth-order valence-electron chi connectivity index (χ4n) is 3.68. The van der Waals surface area contributed by atoms with Gasteiger partial charge in [0.25, 0.3) is 5.91 Å². The van der Waals surface area contributed by atoms with Gasteiger partial charge in [0, 0.05) is 39.4 Å². The van der Waals surface area contributed by atoms with Crippen molar-refractivity contribution in [1.29, 1.82) is 0 Å². The van der Waals surface area contributed by atoms with E-state index in [9.17, 15) is 4.79 Å². The van der Waals surface area contributed by atoms with Crippen LogP contribution >= 0.6 is 11.6 Å². The van der Waals surface area contributed by atoms with Gasteiger partial charge in [-0.15, -0.1) is 0 Å². The van der Waals surface area contributed by atoms with Crippen molar-refractivity contribution < 1.29 is 4.79 Å². The van der Waals surface area contributed by atoms with Gasteiger partial charge in [-0.1, -0.05) is 65.7 Å². The Morgan fingerprint density at radius 1 is 1.00 bits per heavy atom. The molecule has 0 saturated carbocycles. The highest BCUT2D eigenvalue weighted by Gasteiger charge is 2.13. The predicted molar refractivity (Wildman–Crippen MR) is 133 cm³/mol. The number of aromatic nitrogens is 1. The number of carbonyl (C=O) groups is 1. The molecule has 1 heterocycles. The summed E-state index contributed by atoms with van der Waals surface area (Å²) >= 11 is 6.39. The summed E-state index contributed by atoms with van der Waals surface area (Å²) in [7, 11) is 0. The van der Waals surface area contributed by atoms with E-state index in [2.05, 4.69) is 39.5 Å². The Balaban J connectivity index is 1.49. The Bertz CT molecular complexity index is 1270. The highest BCUT2D eigenvalue weighted by molar-refractivity contribution is 6.31. The SMILES string of the molecule is Cc1ccc(NCC(=O)N/N=C\c2c(C)n(Cc3ccccc3Cl)c3ccccc23)cc1. The average molecular weight is 445 g/mol. The number of fused-ring (bicyclic) bond motifs is 1. The van der Waals surface area contributed by atoms with Crippen LogP contribution in [0.15, 0.2) is 77.9 Å². The Kier molecular flexibility index (Phi) is 6.57. The van der Waals surface area contributed by atoms with Crippen molar-refractivity contribution in [3.8, 4) is 0 Å². The van der Waals surface area contributed by atoms with Crippen LogP contribution in [0.2, 0.25) is 5.02 Å². The van der Waals surface area contributed by atoms with Crippen LogP contribution in [0.4, 0.5) is 5.69 Å². The third kappa shape index (κ3) is 4.84. The van der Waals surface area contributed by atoms with Crippen molar-refractivity contribution in [3.05, 3.63) is 100 Å². The second-order valence-electron chi connectivity index (χ2n) is 7.71. The number of hydrogen-bond acceptors (Lipinski definition) is 3. The summed E-state index contributed by atoms with van der Waals surface area (Å²) in [6.45, 7) is 4.89. The highest BCUT2D eigenvalue weighted by atomic mass is 35.5. The molecule has 5 nitrogen and oxygen atoms in total. The van der Waals surface area contributed by atoms with E-state index in [0.29, 0.717) is 6.54 Å². The molecule has 3 aromatic carbocycles. The van der Waals surface area contributed by atoms with E-state index < -0.39 is 0 Å². The minimum Gasteiger partial charge on any atom is -0.376 e. The fourth-order valence-corrected chi connectivity index (χ4v) is 3.88. The molecule has 32 heavy (non-hydrogen) atoms. The van der Waals surface area contributed by atoms with Crippen molar-refractivity contribution in [2.45, 2.75) is 20.4 Å². The number of hydrogen-bond donors (Lipinski definition) is 2. The molecule has 0 aliphatic rings. The third-order valence-electron chi connectivity index (χ3n) is 5.45. The van der Waals surface area contributed by atoms with Gasteiger partial charge in [-0.05, 0) is 43.7 Å². The van der Waals surface area contributed by atoms with Crippen molar-refractivity contribution in [3.63, 3.8) is 0 Å². The number of halogens is 1. The lowest BCUT2D eigenvalue weighted by atomic mass is 10.1. The minimum atomic E-state index is -0.209. The van der Waals surface area contributed by atoms with Crippen molar-refractivity contribution >= 4 is 40.3 Å². The number of para-hydroxylation sites is 1. The van der Waals surface area contributed by atoms with Gasteiger partial charge in [-0.2, -0.15) is 5.10 Å². The first-order valence-electron chi connectivity index (χ1n) is 10.5. The van der Waals surface area contributed by atoms with Crippen LogP contribution in [-0.2, 0) is 11.3 Å². The van der Waals surface area contributed by atoms with Crippen LogP contribution in [-0.4, -0.2) is 23.2 Å². The van der Waals surface area contributed by atoms with Crippen LogP contribution in [0.1, 0.15) is 22.4 Å². The van der Waals surface area contributed by atoms with Crippen LogP contribution in [0.25, 0.3) is 10.9 Å². The number of nitrogens with zero attached hydrogens (tertiary/aromatic N) is 2. The molecule has 0 saturated heterocycles. The molecule has 0 unspecified atom stereocenters. The van der Waals surface area contributed by atoms with E-state index in [1.165, 1.54) is 5.56 Å². The van der Waals surface area contributed by atoms with Gasteiger partial charge >= 0.3 is 0 Å². The molecule has 0 aliphatic heterocycles. The van der Waals surface area contributed by atoms with E-state index in [-0.39, 0.29) is 12.5 Å². The lowest BCUT2D eigenvalue weighted by molar-refractivity contribution is -0.119. The summed E-state index contributed by atoms with van der Waals surface area (Å²) in [5, 5.41) is 9.13. The van der Waals surface area contributed by atoms with Gasteiger partial charge in [0.2, 0.25) is 0 Å². The maximum absolute atomic E-state index is 12.2. The molecule has 0 aliphatic carbocycles. The van der Waals surface area contributed by atoms with Gasteiger partial charge in [-0.3, -0.25) is 4.79 Å². The Morgan fingerprint density at radius 3 is 2.50 bits per heavy atom. The van der Waals surface area contributed by atoms with Crippen molar-refractivity contribution in [2.24, 2.45) is 5.10 Å². The monoisotopic (exact) mass is 444 g/mol. The van der Waals surface area contributed by atoms with Gasteiger partial charge in [0.1, 0.15) is 0 Å². The first-order valence-corrected chi connectivity index (χ1v) is 10.8. The molecular weight excluding hydrogens is 420 g/mol. The standard InChI is InChI=1S/C26H25ClN4O/c1-18-11-13-21(14-12-18)28-16-26(32)30-29-15-23-19(2)31(25-10-6-4-8-22(23)25)17-20-7-3-5-9-24(20)27/h3-15,28H,16-17H2,1-2H3,(H,30,32)/b29-15-. The molecule has 4 rings (SSSR count). The zero-order chi connectivity index (χ0) is 22.5. The number of rotatable bonds is 7. The van der Waals surface area contributed by atoms with E-state index in [1.54, 1.807) is 6.21 Å². The molecule has 1 amide bonds. The summed E-state index contributed by atoms with van der Waals surface area (Å²) in [6.07, 6.45) is 1.71. The van der Waals surface area contributed by atoms with E-state index in [1.807, 2.05) is 67.6 Å². The molecule has 0 bridgehead atoms. The lowest BCUT2D eigenvalue weighted by Gasteiger charge is -2.10. The Labute approximate surface area is 192 Å². The number of hydrazone groups is 1. The van der Waals surface area contributed by atoms with E-state index >= 15 is 0 Å². The maximum Gasteiger partial charge on any atom is 0.259 e. The van der Waals surface area contributed by atoms with E-state index in [0.717, 1.165) is 38.4 Å². The molecule has 0 spiro atoms. The first-order chi connectivity index (χ1) is 15.5. The summed E-state index contributed by atoms with van der Waals surface area (Å²) in [5.41, 5.74) is 8.86. The normalized spacial score (nSPS) is 11.2. The van der Waals surface area contributed by atoms with Crippen LogP contribution in [0.5, 0.6) is 0 Å². The quantitative estimate of drug-likeness (QED) is 0.291. The molecular formula is C26H25ClN4O. The van der Waals surface area contributed by atoms with Gasteiger partial charge in [0.15, 0.2) is 0 Å². The smallest absolute Gasteiger partial charge is 0.259 e. The van der Waals surface area contributed by atoms with Gasteiger partial charge in [-0.25, -0.2) is 5.43 Å². The molecule has 0 radical (unpaired) electrons. The molecule has 0 fully saturated rings. The lowest BCUT2D eigenvalue weighted by Crippen LogP contribution is -2.25. The topological polar surface area (TPSA) is 58.4 Å². The number of carbonyl (C=O) groups excluding carboxylic acids is 1. The summed E-state index contributed by atoms with van der Waals surface area (Å²) < 4.78 is 2.22. The number of nitrogens with one attached hydrogen (secondary N) is 2. The predicted octanol–water partition coefficient (Wildman–Crippen LogP) is 5.52. The molecule has 1 aromatic heterocycles. The summed E-state index contributed by atoms with van der Waals surface area (Å²) in [5.74, 6) is -0.209. The Morgan fingerprint density at radius 2 is 1.72 bits per heavy atom. The van der Waals surface area contributed by atoms with Crippen molar-refractivity contribution in [1.82, 2.24) is 9.99 Å². The second-order valence-corrected chi connectivity index (χ2v) is 8.11. The molecule has 6 heteroatoms. The van der Waals surface area contributed by atoms with Crippen LogP contribution in [0, 0.1) is 13.8 Å². The minimum absolute atomic E-state index is 0.146. The number of aryl methyl sites for hydroxylation is 1. The van der Waals surface area contributed by atoms with E-state index in [4.69, 9.17) is 11.6 Å². The molecule has 162 valence electrons. The van der Waals surface area contributed by atoms with Crippen molar-refractivity contribution in [2.75, 3.05) is 11.9 Å². The van der Waals surface area contributed by atoms with Gasteiger partial charge < -0.3 is 9.88 Å². The van der Waals surface area contributed by atoms with Crippen LogP contribution < -0.4 is 10.7 Å². The van der Waals surface area contributed by atoms with Gasteiger partial charge in [0.05, 0.1) is 12.8 Å².